The minimum Gasteiger partial charge on any atom is -0.319 e. The summed E-state index contributed by atoms with van der Waals surface area (Å²) in [5.74, 6) is 0.577. The van der Waals surface area contributed by atoms with E-state index in [9.17, 15) is 8.42 Å². The fourth-order valence-electron chi connectivity index (χ4n) is 2.39. The summed E-state index contributed by atoms with van der Waals surface area (Å²) in [5, 5.41) is 7.34. The average Bonchev–Trinajstić information content (AvgIpc) is 2.77. The molecule has 0 aliphatic carbocycles. The third kappa shape index (κ3) is 2.57. The van der Waals surface area contributed by atoms with E-state index in [4.69, 9.17) is 0 Å². The second kappa shape index (κ2) is 5.38. The van der Waals surface area contributed by atoms with E-state index in [1.807, 2.05) is 7.05 Å². The number of rotatable bonds is 4. The Morgan fingerprint density at radius 3 is 2.61 bits per heavy atom. The van der Waals surface area contributed by atoms with Gasteiger partial charge in [-0.15, -0.1) is 0 Å². The molecule has 0 bridgehead atoms. The monoisotopic (exact) mass is 272 g/mol. The summed E-state index contributed by atoms with van der Waals surface area (Å²) in [6, 6.07) is 1.55. The topological polar surface area (TPSA) is 67.2 Å². The lowest BCUT2D eigenvalue weighted by Gasteiger charge is -2.30. The first-order chi connectivity index (χ1) is 8.55. The Balaban J connectivity index is 2.08. The zero-order valence-electron chi connectivity index (χ0n) is 10.8. The maximum Gasteiger partial charge on any atom is 0.260 e. The Hall–Kier alpha value is -0.920. The molecule has 2 rings (SSSR count). The van der Waals surface area contributed by atoms with Crippen molar-refractivity contribution in [2.75, 3.05) is 26.7 Å². The van der Waals surface area contributed by atoms with Crippen molar-refractivity contribution in [3.8, 4) is 0 Å². The summed E-state index contributed by atoms with van der Waals surface area (Å²) in [6.07, 6.45) is 3.34. The molecule has 102 valence electrons. The summed E-state index contributed by atoms with van der Waals surface area (Å²) in [4.78, 5) is 0. The second-order valence-electron chi connectivity index (χ2n) is 4.70. The molecule has 1 N–H and O–H groups in total. The fourth-order valence-corrected chi connectivity index (χ4v) is 3.96. The number of nitrogens with zero attached hydrogens (tertiary/aromatic N) is 3. The van der Waals surface area contributed by atoms with E-state index in [-0.39, 0.29) is 5.03 Å². The summed E-state index contributed by atoms with van der Waals surface area (Å²) in [5.41, 5.74) is 0. The molecule has 0 saturated carbocycles. The van der Waals surface area contributed by atoms with Crippen LogP contribution in [0.5, 0.6) is 0 Å². The maximum atomic E-state index is 12.4. The minimum absolute atomic E-state index is 0.273. The number of piperidine rings is 1. The number of aryl methyl sites for hydroxylation is 1. The number of hydrogen-bond acceptors (Lipinski definition) is 4. The van der Waals surface area contributed by atoms with Crippen LogP contribution >= 0.6 is 0 Å². The third-order valence-corrected chi connectivity index (χ3v) is 5.42. The van der Waals surface area contributed by atoms with Crippen molar-refractivity contribution in [2.45, 2.75) is 17.9 Å². The highest BCUT2D eigenvalue weighted by Crippen LogP contribution is 2.22. The van der Waals surface area contributed by atoms with E-state index < -0.39 is 10.0 Å². The summed E-state index contributed by atoms with van der Waals surface area (Å²) >= 11 is 0. The van der Waals surface area contributed by atoms with Crippen LogP contribution < -0.4 is 5.32 Å². The largest absolute Gasteiger partial charge is 0.319 e. The fraction of sp³-hybridized carbons (Fsp3) is 0.727. The van der Waals surface area contributed by atoms with Crippen molar-refractivity contribution in [3.05, 3.63) is 12.3 Å². The van der Waals surface area contributed by atoms with Crippen LogP contribution in [0.2, 0.25) is 0 Å². The Kier molecular flexibility index (Phi) is 4.04. The highest BCUT2D eigenvalue weighted by Gasteiger charge is 2.30. The van der Waals surface area contributed by atoms with Gasteiger partial charge in [0.25, 0.3) is 10.0 Å². The van der Waals surface area contributed by atoms with Gasteiger partial charge in [0.15, 0.2) is 5.03 Å². The van der Waals surface area contributed by atoms with Gasteiger partial charge in [0.05, 0.1) is 6.20 Å². The lowest BCUT2D eigenvalue weighted by atomic mass is 9.98. The molecule has 7 heteroatoms. The standard InChI is InChI=1S/C11H20N4O2S/c1-12-9-10-4-7-15(8-5-10)18(16,17)11-3-6-13-14(11)2/h3,6,10,12H,4-5,7-9H2,1-2H3. The maximum absolute atomic E-state index is 12.4. The van der Waals surface area contributed by atoms with Crippen LogP contribution in [0.25, 0.3) is 0 Å². The van der Waals surface area contributed by atoms with Crippen molar-refractivity contribution in [1.82, 2.24) is 19.4 Å². The zero-order chi connectivity index (χ0) is 13.2. The molecule has 1 aliphatic heterocycles. The molecular formula is C11H20N4O2S. The van der Waals surface area contributed by atoms with Crippen LogP contribution in [0, 0.1) is 5.92 Å². The molecule has 0 atom stereocenters. The quantitative estimate of drug-likeness (QED) is 0.840. The molecule has 2 heterocycles. The molecule has 0 aromatic carbocycles. The Labute approximate surface area is 108 Å². The van der Waals surface area contributed by atoms with Gasteiger partial charge in [0.1, 0.15) is 0 Å². The lowest BCUT2D eigenvalue weighted by molar-refractivity contribution is 0.269. The molecule has 0 amide bonds. The highest BCUT2D eigenvalue weighted by atomic mass is 32.2. The van der Waals surface area contributed by atoms with Gasteiger partial charge in [0.2, 0.25) is 0 Å². The van der Waals surface area contributed by atoms with Crippen LogP contribution in [0.15, 0.2) is 17.3 Å². The van der Waals surface area contributed by atoms with Crippen molar-refractivity contribution >= 4 is 10.0 Å². The van der Waals surface area contributed by atoms with Gasteiger partial charge < -0.3 is 5.32 Å². The van der Waals surface area contributed by atoms with E-state index in [1.54, 1.807) is 17.4 Å². The van der Waals surface area contributed by atoms with Gasteiger partial charge in [-0.1, -0.05) is 0 Å². The molecule has 1 aromatic rings. The molecule has 1 aliphatic rings. The van der Waals surface area contributed by atoms with Crippen LogP contribution in [-0.2, 0) is 17.1 Å². The normalized spacial score (nSPS) is 19.2. The van der Waals surface area contributed by atoms with Crippen molar-refractivity contribution in [1.29, 1.82) is 0 Å². The molecule has 0 radical (unpaired) electrons. The van der Waals surface area contributed by atoms with Gasteiger partial charge in [-0.25, -0.2) is 8.42 Å². The molecular weight excluding hydrogens is 252 g/mol. The summed E-state index contributed by atoms with van der Waals surface area (Å²) in [7, 11) is 0.208. The number of aromatic nitrogens is 2. The molecule has 1 fully saturated rings. The smallest absolute Gasteiger partial charge is 0.260 e. The molecule has 1 saturated heterocycles. The summed E-state index contributed by atoms with van der Waals surface area (Å²) in [6.45, 7) is 2.15. The first kappa shape index (κ1) is 13.5. The molecule has 1 aromatic heterocycles. The van der Waals surface area contributed by atoms with E-state index >= 15 is 0 Å². The van der Waals surface area contributed by atoms with E-state index in [0.29, 0.717) is 19.0 Å². The van der Waals surface area contributed by atoms with Crippen LogP contribution in [0.1, 0.15) is 12.8 Å². The molecule has 18 heavy (non-hydrogen) atoms. The molecule has 6 nitrogen and oxygen atoms in total. The minimum atomic E-state index is -3.37. The van der Waals surface area contributed by atoms with Gasteiger partial charge >= 0.3 is 0 Å². The predicted molar refractivity (Wildman–Crippen MR) is 68.6 cm³/mol. The zero-order valence-corrected chi connectivity index (χ0v) is 11.7. The van der Waals surface area contributed by atoms with Crippen LogP contribution in [0.4, 0.5) is 0 Å². The average molecular weight is 272 g/mol. The van der Waals surface area contributed by atoms with Crippen molar-refractivity contribution < 1.29 is 8.42 Å². The number of hydrogen-bond donors (Lipinski definition) is 1. The summed E-state index contributed by atoms with van der Waals surface area (Å²) < 4.78 is 27.7. The van der Waals surface area contributed by atoms with Gasteiger partial charge in [-0.3, -0.25) is 4.68 Å². The van der Waals surface area contributed by atoms with Crippen molar-refractivity contribution in [3.63, 3.8) is 0 Å². The molecule has 0 spiro atoms. The Morgan fingerprint density at radius 1 is 1.44 bits per heavy atom. The Morgan fingerprint density at radius 2 is 2.11 bits per heavy atom. The first-order valence-electron chi connectivity index (χ1n) is 6.18. The van der Waals surface area contributed by atoms with E-state index in [0.717, 1.165) is 19.4 Å². The SMILES string of the molecule is CNCC1CCN(S(=O)(=O)c2ccnn2C)CC1. The van der Waals surface area contributed by atoms with Crippen molar-refractivity contribution in [2.24, 2.45) is 13.0 Å². The lowest BCUT2D eigenvalue weighted by Crippen LogP contribution is -2.40. The number of sulfonamides is 1. The highest BCUT2D eigenvalue weighted by molar-refractivity contribution is 7.89. The van der Waals surface area contributed by atoms with Gasteiger partial charge in [-0.05, 0) is 38.4 Å². The van der Waals surface area contributed by atoms with Crippen LogP contribution in [0.3, 0.4) is 0 Å². The Bertz CT molecular complexity index is 489. The van der Waals surface area contributed by atoms with Crippen LogP contribution in [-0.4, -0.2) is 49.2 Å². The second-order valence-corrected chi connectivity index (χ2v) is 6.58. The van der Waals surface area contributed by atoms with E-state index in [2.05, 4.69) is 10.4 Å². The van der Waals surface area contributed by atoms with E-state index in [1.165, 1.54) is 10.9 Å². The molecule has 0 unspecified atom stereocenters. The number of nitrogens with one attached hydrogen (secondary N) is 1. The van der Waals surface area contributed by atoms with Gasteiger partial charge in [0, 0.05) is 20.1 Å². The van der Waals surface area contributed by atoms with Gasteiger partial charge in [-0.2, -0.15) is 9.40 Å². The third-order valence-electron chi connectivity index (χ3n) is 3.45. The first-order valence-corrected chi connectivity index (χ1v) is 7.62. The predicted octanol–water partition coefficient (Wildman–Crippen LogP) is 0.0402.